The Morgan fingerprint density at radius 2 is 1.81 bits per heavy atom. The molecule has 0 spiro atoms. The molecule has 0 unspecified atom stereocenters. The fourth-order valence-electron chi connectivity index (χ4n) is 3.11. The van der Waals surface area contributed by atoms with Crippen LogP contribution < -0.4 is 0 Å². The van der Waals surface area contributed by atoms with Crippen LogP contribution in [0.3, 0.4) is 0 Å². The third-order valence-electron chi connectivity index (χ3n) is 4.58. The van der Waals surface area contributed by atoms with Crippen LogP contribution >= 0.6 is 0 Å². The predicted octanol–water partition coefficient (Wildman–Crippen LogP) is 4.55. The molecule has 1 N–H and O–H groups in total. The minimum absolute atomic E-state index is 0.178. The Hall–Kier alpha value is -2.53. The number of hydrogen-bond donors (Lipinski definition) is 1. The molecule has 1 saturated heterocycles. The van der Waals surface area contributed by atoms with Gasteiger partial charge in [-0.25, -0.2) is 8.78 Å². The fraction of sp³-hybridized carbons (Fsp3) is 0.286. The van der Waals surface area contributed by atoms with Crippen molar-refractivity contribution in [2.24, 2.45) is 0 Å². The number of likely N-dealkylation sites (tertiary alicyclic amines) is 1. The Kier molecular flexibility index (Phi) is 5.78. The van der Waals surface area contributed by atoms with Crippen molar-refractivity contribution in [3.63, 3.8) is 0 Å². The Balaban J connectivity index is 1.73. The second-order valence-corrected chi connectivity index (χ2v) is 6.55. The number of rotatable bonds is 5. The Bertz CT molecular complexity index is 827. The SMILES string of the molecule is O=C(/C=C/c1ccc(F)c(F)c1)c1ccc(O)c(CN2CCCCC2)c1. The van der Waals surface area contributed by atoms with Crippen molar-refractivity contribution in [2.45, 2.75) is 25.8 Å². The van der Waals surface area contributed by atoms with Crippen LogP contribution in [-0.2, 0) is 6.54 Å². The summed E-state index contributed by atoms with van der Waals surface area (Å²) in [5.74, 6) is -1.95. The zero-order valence-electron chi connectivity index (χ0n) is 14.4. The number of carbonyl (C=O) groups excluding carboxylic acids is 1. The summed E-state index contributed by atoms with van der Waals surface area (Å²) in [4.78, 5) is 14.6. The second-order valence-electron chi connectivity index (χ2n) is 6.55. The Morgan fingerprint density at radius 1 is 1.04 bits per heavy atom. The molecule has 2 aromatic carbocycles. The smallest absolute Gasteiger partial charge is 0.185 e. The minimum atomic E-state index is -0.951. The zero-order chi connectivity index (χ0) is 18.5. The number of nitrogens with zero attached hydrogens (tertiary/aromatic N) is 1. The first kappa shape index (κ1) is 18.3. The molecule has 5 heteroatoms. The molecule has 1 aliphatic heterocycles. The summed E-state index contributed by atoms with van der Waals surface area (Å²) in [5.41, 5.74) is 1.58. The van der Waals surface area contributed by atoms with Gasteiger partial charge in [0.2, 0.25) is 0 Å². The van der Waals surface area contributed by atoms with Crippen molar-refractivity contribution < 1.29 is 18.7 Å². The van der Waals surface area contributed by atoms with E-state index in [1.165, 1.54) is 30.7 Å². The lowest BCUT2D eigenvalue weighted by Crippen LogP contribution is -2.29. The van der Waals surface area contributed by atoms with E-state index >= 15 is 0 Å². The van der Waals surface area contributed by atoms with E-state index in [0.29, 0.717) is 17.7 Å². The van der Waals surface area contributed by atoms with Crippen LogP contribution in [-0.4, -0.2) is 28.9 Å². The van der Waals surface area contributed by atoms with Gasteiger partial charge in [0.25, 0.3) is 0 Å². The molecule has 2 aromatic rings. The van der Waals surface area contributed by atoms with Crippen LogP contribution in [0.2, 0.25) is 0 Å². The average molecular weight is 357 g/mol. The molecule has 0 radical (unpaired) electrons. The van der Waals surface area contributed by atoms with Gasteiger partial charge in [-0.3, -0.25) is 9.69 Å². The molecule has 1 fully saturated rings. The van der Waals surface area contributed by atoms with E-state index < -0.39 is 11.6 Å². The summed E-state index contributed by atoms with van der Waals surface area (Å²) in [7, 11) is 0. The van der Waals surface area contributed by atoms with E-state index in [4.69, 9.17) is 0 Å². The summed E-state index contributed by atoms with van der Waals surface area (Å²) in [6.45, 7) is 2.60. The highest BCUT2D eigenvalue weighted by Crippen LogP contribution is 2.23. The van der Waals surface area contributed by atoms with Crippen molar-refractivity contribution in [1.82, 2.24) is 4.90 Å². The maximum atomic E-state index is 13.2. The molecule has 136 valence electrons. The monoisotopic (exact) mass is 357 g/mol. The molecular formula is C21H21F2NO2. The number of piperidine rings is 1. The molecular weight excluding hydrogens is 336 g/mol. The Morgan fingerprint density at radius 3 is 2.54 bits per heavy atom. The second kappa shape index (κ2) is 8.23. The van der Waals surface area contributed by atoms with Crippen LogP contribution in [0, 0.1) is 11.6 Å². The number of ketones is 1. The Labute approximate surface area is 151 Å². The van der Waals surface area contributed by atoms with E-state index in [-0.39, 0.29) is 11.5 Å². The third-order valence-corrected chi connectivity index (χ3v) is 4.58. The molecule has 0 aliphatic carbocycles. The van der Waals surface area contributed by atoms with E-state index in [1.54, 1.807) is 12.1 Å². The molecule has 0 amide bonds. The largest absolute Gasteiger partial charge is 0.508 e. The number of benzene rings is 2. The van der Waals surface area contributed by atoms with Gasteiger partial charge in [0.05, 0.1) is 0 Å². The van der Waals surface area contributed by atoms with Gasteiger partial charge in [-0.05, 0) is 67.9 Å². The van der Waals surface area contributed by atoms with Crippen molar-refractivity contribution in [2.75, 3.05) is 13.1 Å². The number of halogens is 2. The normalized spacial score (nSPS) is 15.5. The van der Waals surface area contributed by atoms with Gasteiger partial charge in [-0.1, -0.05) is 18.6 Å². The van der Waals surface area contributed by atoms with Gasteiger partial charge < -0.3 is 5.11 Å². The van der Waals surface area contributed by atoms with Crippen LogP contribution in [0.4, 0.5) is 8.78 Å². The molecule has 0 aromatic heterocycles. The van der Waals surface area contributed by atoms with Gasteiger partial charge in [-0.2, -0.15) is 0 Å². The lowest BCUT2D eigenvalue weighted by atomic mass is 10.0. The molecule has 0 saturated carbocycles. The number of hydrogen-bond acceptors (Lipinski definition) is 3. The van der Waals surface area contributed by atoms with Crippen LogP contribution in [0.15, 0.2) is 42.5 Å². The average Bonchev–Trinajstić information content (AvgIpc) is 2.65. The van der Waals surface area contributed by atoms with Crippen molar-refractivity contribution in [3.05, 3.63) is 70.8 Å². The summed E-state index contributed by atoms with van der Waals surface area (Å²) < 4.78 is 26.2. The molecule has 1 heterocycles. The zero-order valence-corrected chi connectivity index (χ0v) is 14.4. The summed E-state index contributed by atoms with van der Waals surface area (Å²) in [5, 5.41) is 10.1. The number of carbonyl (C=O) groups is 1. The van der Waals surface area contributed by atoms with Gasteiger partial charge in [0.1, 0.15) is 5.75 Å². The van der Waals surface area contributed by atoms with Gasteiger partial charge in [0, 0.05) is 17.7 Å². The third kappa shape index (κ3) is 4.55. The topological polar surface area (TPSA) is 40.5 Å². The fourth-order valence-corrected chi connectivity index (χ4v) is 3.11. The van der Waals surface area contributed by atoms with E-state index in [9.17, 15) is 18.7 Å². The minimum Gasteiger partial charge on any atom is -0.508 e. The maximum absolute atomic E-state index is 13.2. The van der Waals surface area contributed by atoms with Gasteiger partial charge in [0.15, 0.2) is 17.4 Å². The van der Waals surface area contributed by atoms with Crippen LogP contribution in [0.25, 0.3) is 6.08 Å². The molecule has 1 aliphatic rings. The van der Waals surface area contributed by atoms with Gasteiger partial charge >= 0.3 is 0 Å². The highest BCUT2D eigenvalue weighted by molar-refractivity contribution is 6.07. The van der Waals surface area contributed by atoms with Crippen molar-refractivity contribution in [1.29, 1.82) is 0 Å². The molecule has 3 rings (SSSR count). The highest BCUT2D eigenvalue weighted by atomic mass is 19.2. The van der Waals surface area contributed by atoms with Crippen molar-refractivity contribution in [3.8, 4) is 5.75 Å². The lowest BCUT2D eigenvalue weighted by molar-refractivity contribution is 0.104. The van der Waals surface area contributed by atoms with Crippen molar-refractivity contribution >= 4 is 11.9 Å². The molecule has 0 bridgehead atoms. The summed E-state index contributed by atoms with van der Waals surface area (Å²) >= 11 is 0. The lowest BCUT2D eigenvalue weighted by Gasteiger charge is -2.26. The first-order chi connectivity index (χ1) is 12.5. The molecule has 0 atom stereocenters. The first-order valence-electron chi connectivity index (χ1n) is 8.74. The number of aromatic hydroxyl groups is 1. The number of allylic oxidation sites excluding steroid dienone is 1. The summed E-state index contributed by atoms with van der Waals surface area (Å²) in [6.07, 6.45) is 6.30. The molecule has 26 heavy (non-hydrogen) atoms. The van der Waals surface area contributed by atoms with E-state index in [1.807, 2.05) is 0 Å². The van der Waals surface area contributed by atoms with E-state index in [2.05, 4.69) is 4.90 Å². The number of phenols is 1. The predicted molar refractivity (Wildman–Crippen MR) is 97.0 cm³/mol. The van der Waals surface area contributed by atoms with Crippen LogP contribution in [0.5, 0.6) is 5.75 Å². The van der Waals surface area contributed by atoms with E-state index in [0.717, 1.165) is 43.6 Å². The van der Waals surface area contributed by atoms with Gasteiger partial charge in [-0.15, -0.1) is 0 Å². The summed E-state index contributed by atoms with van der Waals surface area (Å²) in [6, 6.07) is 8.25. The number of phenolic OH excluding ortho intramolecular Hbond substituents is 1. The first-order valence-corrected chi connectivity index (χ1v) is 8.74. The quantitative estimate of drug-likeness (QED) is 0.630. The highest BCUT2D eigenvalue weighted by Gasteiger charge is 2.14. The van der Waals surface area contributed by atoms with Crippen LogP contribution in [0.1, 0.15) is 40.7 Å². The molecule has 3 nitrogen and oxygen atoms in total. The maximum Gasteiger partial charge on any atom is 0.185 e. The standard InChI is InChI=1S/C21H21F2NO2/c22-18-7-4-15(12-19(18)23)5-8-20(25)16-6-9-21(26)17(13-16)14-24-10-2-1-3-11-24/h4-9,12-13,26H,1-3,10-11,14H2/b8-5+.